The fraction of sp³-hybridized carbons (Fsp3) is 0.667. The van der Waals surface area contributed by atoms with Crippen molar-refractivity contribution in [3.05, 3.63) is 23.9 Å². The average Bonchev–Trinajstić information content (AvgIpc) is 2.35. The largest absolute Gasteiger partial charge is 0.478 e. The molecule has 18 heavy (non-hydrogen) atoms. The normalized spacial score (nSPS) is 12.7. The Morgan fingerprint density at radius 1 is 1.28 bits per heavy atom. The van der Waals surface area contributed by atoms with Crippen molar-refractivity contribution < 1.29 is 4.74 Å². The van der Waals surface area contributed by atoms with Crippen LogP contribution in [0.15, 0.2) is 18.2 Å². The maximum absolute atomic E-state index is 5.44. The van der Waals surface area contributed by atoms with Crippen LogP contribution in [0, 0.1) is 5.92 Å². The molecule has 0 saturated carbocycles. The van der Waals surface area contributed by atoms with Crippen LogP contribution in [-0.4, -0.2) is 24.2 Å². The van der Waals surface area contributed by atoms with Gasteiger partial charge in [0, 0.05) is 24.2 Å². The number of hydrogen-bond acceptors (Lipinski definition) is 3. The summed E-state index contributed by atoms with van der Waals surface area (Å²) in [5, 5.41) is 3.59. The lowest BCUT2D eigenvalue weighted by Crippen LogP contribution is -2.36. The van der Waals surface area contributed by atoms with E-state index in [1.165, 1.54) is 0 Å². The van der Waals surface area contributed by atoms with E-state index in [4.69, 9.17) is 4.74 Å². The smallest absolute Gasteiger partial charge is 0.213 e. The first-order valence-corrected chi connectivity index (χ1v) is 6.99. The predicted octanol–water partition coefficient (Wildman–Crippen LogP) is 3.05. The molecular formula is C15H26N2O. The van der Waals surface area contributed by atoms with Gasteiger partial charge in [-0.25, -0.2) is 4.98 Å². The number of nitrogens with zero attached hydrogens (tertiary/aromatic N) is 1. The molecule has 0 bridgehead atoms. The van der Waals surface area contributed by atoms with E-state index >= 15 is 0 Å². The fourth-order valence-corrected chi connectivity index (χ4v) is 1.90. The predicted molar refractivity (Wildman–Crippen MR) is 76.0 cm³/mol. The maximum atomic E-state index is 5.44. The van der Waals surface area contributed by atoms with Crippen molar-refractivity contribution in [2.45, 2.75) is 46.6 Å². The van der Waals surface area contributed by atoms with Gasteiger partial charge in [0.1, 0.15) is 0 Å². The van der Waals surface area contributed by atoms with Crippen molar-refractivity contribution >= 4 is 0 Å². The van der Waals surface area contributed by atoms with E-state index in [1.807, 2.05) is 19.1 Å². The number of ether oxygens (including phenoxy) is 1. The molecule has 0 amide bonds. The topological polar surface area (TPSA) is 34.1 Å². The summed E-state index contributed by atoms with van der Waals surface area (Å²) in [5.74, 6) is 1.34. The first-order valence-electron chi connectivity index (χ1n) is 6.99. The zero-order chi connectivity index (χ0) is 13.4. The highest BCUT2D eigenvalue weighted by Crippen LogP contribution is 2.12. The number of aromatic nitrogens is 1. The van der Waals surface area contributed by atoms with E-state index in [0.717, 1.165) is 31.0 Å². The van der Waals surface area contributed by atoms with Crippen molar-refractivity contribution in [2.75, 3.05) is 13.2 Å². The van der Waals surface area contributed by atoms with E-state index in [9.17, 15) is 0 Å². The van der Waals surface area contributed by atoms with E-state index in [1.54, 1.807) is 0 Å². The van der Waals surface area contributed by atoms with Crippen molar-refractivity contribution in [2.24, 2.45) is 5.92 Å². The van der Waals surface area contributed by atoms with Crippen LogP contribution in [0.2, 0.25) is 0 Å². The van der Waals surface area contributed by atoms with E-state index in [0.29, 0.717) is 18.6 Å². The third-order valence-electron chi connectivity index (χ3n) is 2.96. The summed E-state index contributed by atoms with van der Waals surface area (Å²) in [7, 11) is 0. The second-order valence-corrected chi connectivity index (χ2v) is 4.91. The summed E-state index contributed by atoms with van der Waals surface area (Å²) in [4.78, 5) is 4.53. The monoisotopic (exact) mass is 250 g/mol. The van der Waals surface area contributed by atoms with Gasteiger partial charge >= 0.3 is 0 Å². The Balaban J connectivity index is 2.64. The summed E-state index contributed by atoms with van der Waals surface area (Å²) in [6, 6.07) is 6.49. The second kappa shape index (κ2) is 8.09. The van der Waals surface area contributed by atoms with Gasteiger partial charge in [-0.2, -0.15) is 0 Å². The molecule has 1 rings (SSSR count). The number of hydrogen-bond donors (Lipinski definition) is 1. The van der Waals surface area contributed by atoms with Gasteiger partial charge in [-0.05, 0) is 31.9 Å². The molecule has 0 aromatic carbocycles. The minimum atomic E-state index is 0.481. The Morgan fingerprint density at radius 2 is 2.06 bits per heavy atom. The summed E-state index contributed by atoms with van der Waals surface area (Å²) < 4.78 is 5.44. The molecule has 102 valence electrons. The molecule has 3 nitrogen and oxygen atoms in total. The lowest BCUT2D eigenvalue weighted by Gasteiger charge is -2.22. The van der Waals surface area contributed by atoms with Gasteiger partial charge in [-0.1, -0.05) is 26.8 Å². The van der Waals surface area contributed by atoms with Gasteiger partial charge in [0.15, 0.2) is 0 Å². The van der Waals surface area contributed by atoms with Crippen molar-refractivity contribution in [1.82, 2.24) is 10.3 Å². The molecule has 0 radical (unpaired) electrons. The molecule has 1 atom stereocenters. The molecule has 3 heteroatoms. The lowest BCUT2D eigenvalue weighted by atomic mass is 9.99. The Bertz CT molecular complexity index is 339. The molecule has 1 unspecified atom stereocenters. The molecule has 1 heterocycles. The first kappa shape index (κ1) is 15.0. The molecule has 0 aliphatic heterocycles. The standard InChI is InChI=1S/C15H26N2O/c1-5-10-16-14(12(3)4)11-13-8-7-9-15(17-13)18-6-2/h7-9,12,14,16H,5-6,10-11H2,1-4H3. The number of nitrogens with one attached hydrogen (secondary N) is 1. The Morgan fingerprint density at radius 3 is 2.67 bits per heavy atom. The van der Waals surface area contributed by atoms with Crippen LogP contribution < -0.4 is 10.1 Å². The maximum Gasteiger partial charge on any atom is 0.213 e. The molecule has 1 aromatic rings. The third-order valence-corrected chi connectivity index (χ3v) is 2.96. The fourth-order valence-electron chi connectivity index (χ4n) is 1.90. The van der Waals surface area contributed by atoms with Gasteiger partial charge in [0.25, 0.3) is 0 Å². The van der Waals surface area contributed by atoms with Crippen molar-refractivity contribution in [1.29, 1.82) is 0 Å². The van der Waals surface area contributed by atoms with Crippen LogP contribution in [0.3, 0.4) is 0 Å². The SMILES string of the molecule is CCCNC(Cc1cccc(OCC)n1)C(C)C. The minimum Gasteiger partial charge on any atom is -0.478 e. The van der Waals surface area contributed by atoms with Gasteiger partial charge < -0.3 is 10.1 Å². The number of rotatable bonds is 8. The molecule has 0 spiro atoms. The van der Waals surface area contributed by atoms with Gasteiger partial charge in [-0.3, -0.25) is 0 Å². The van der Waals surface area contributed by atoms with Crippen LogP contribution in [0.5, 0.6) is 5.88 Å². The molecule has 0 saturated heterocycles. The zero-order valence-electron chi connectivity index (χ0n) is 12.1. The number of pyridine rings is 1. The molecule has 1 aromatic heterocycles. The van der Waals surface area contributed by atoms with E-state index in [2.05, 4.69) is 37.1 Å². The highest BCUT2D eigenvalue weighted by Gasteiger charge is 2.14. The molecule has 0 fully saturated rings. The molecule has 0 aliphatic rings. The zero-order valence-corrected chi connectivity index (χ0v) is 12.1. The average molecular weight is 250 g/mol. The van der Waals surface area contributed by atoms with Gasteiger partial charge in [-0.15, -0.1) is 0 Å². The minimum absolute atomic E-state index is 0.481. The highest BCUT2D eigenvalue weighted by molar-refractivity contribution is 5.16. The van der Waals surface area contributed by atoms with Crippen molar-refractivity contribution in [3.8, 4) is 5.88 Å². The summed E-state index contributed by atoms with van der Waals surface area (Å²) >= 11 is 0. The van der Waals surface area contributed by atoms with Crippen LogP contribution in [0.4, 0.5) is 0 Å². The molecular weight excluding hydrogens is 224 g/mol. The summed E-state index contributed by atoms with van der Waals surface area (Å²) in [5.41, 5.74) is 1.10. The van der Waals surface area contributed by atoms with Crippen LogP contribution in [-0.2, 0) is 6.42 Å². The summed E-state index contributed by atoms with van der Waals surface area (Å²) in [6.07, 6.45) is 2.12. The molecule has 0 aliphatic carbocycles. The third kappa shape index (κ3) is 5.05. The second-order valence-electron chi connectivity index (χ2n) is 4.91. The van der Waals surface area contributed by atoms with Crippen LogP contribution in [0.25, 0.3) is 0 Å². The quantitative estimate of drug-likeness (QED) is 0.770. The Labute approximate surface area is 111 Å². The van der Waals surface area contributed by atoms with E-state index in [-0.39, 0.29) is 0 Å². The Kier molecular flexibility index (Phi) is 6.73. The summed E-state index contributed by atoms with van der Waals surface area (Å²) in [6.45, 7) is 10.4. The van der Waals surface area contributed by atoms with E-state index < -0.39 is 0 Å². The van der Waals surface area contributed by atoms with Crippen molar-refractivity contribution in [3.63, 3.8) is 0 Å². The molecule has 1 N–H and O–H groups in total. The lowest BCUT2D eigenvalue weighted by molar-refractivity contribution is 0.324. The van der Waals surface area contributed by atoms with Gasteiger partial charge in [0.2, 0.25) is 5.88 Å². The highest BCUT2D eigenvalue weighted by atomic mass is 16.5. The van der Waals surface area contributed by atoms with Gasteiger partial charge in [0.05, 0.1) is 6.61 Å². The Hall–Kier alpha value is -1.09. The van der Waals surface area contributed by atoms with Crippen LogP contribution in [0.1, 0.15) is 39.8 Å². The first-order chi connectivity index (χ1) is 8.67. The van der Waals surface area contributed by atoms with Crippen LogP contribution >= 0.6 is 0 Å².